The number of carbonyl (C=O) groups is 2. The molecule has 0 aliphatic carbocycles. The highest BCUT2D eigenvalue weighted by atomic mass is 16.6. The van der Waals surface area contributed by atoms with Crippen LogP contribution >= 0.6 is 0 Å². The molecule has 0 spiro atoms. The average Bonchev–Trinajstić information content (AvgIpc) is 2.71. The van der Waals surface area contributed by atoms with Gasteiger partial charge in [-0.1, -0.05) is 48.6 Å². The predicted molar refractivity (Wildman–Crippen MR) is 107 cm³/mol. The molecule has 0 radical (unpaired) electrons. The highest BCUT2D eigenvalue weighted by Crippen LogP contribution is 2.29. The highest BCUT2D eigenvalue weighted by molar-refractivity contribution is 5.85. The maximum absolute atomic E-state index is 12.4. The molecule has 148 valence electrons. The van der Waals surface area contributed by atoms with Gasteiger partial charge >= 0.3 is 5.97 Å². The van der Waals surface area contributed by atoms with E-state index in [1.54, 1.807) is 44.4 Å². The number of amides is 1. The van der Waals surface area contributed by atoms with Gasteiger partial charge in [0.05, 0.1) is 7.11 Å². The van der Waals surface area contributed by atoms with Gasteiger partial charge in [-0.2, -0.15) is 0 Å². The van der Waals surface area contributed by atoms with Gasteiger partial charge in [0.2, 0.25) is 6.10 Å². The Labute approximate surface area is 165 Å². The quantitative estimate of drug-likeness (QED) is 0.653. The van der Waals surface area contributed by atoms with Crippen LogP contribution in [0.3, 0.4) is 0 Å². The number of methoxy groups -OCH3 is 1. The van der Waals surface area contributed by atoms with E-state index < -0.39 is 12.1 Å². The molecule has 0 aliphatic rings. The number of likely N-dealkylation sites (N-methyl/N-ethyl adjacent to an activating group) is 1. The molecule has 1 atom stereocenters. The summed E-state index contributed by atoms with van der Waals surface area (Å²) in [5, 5.41) is 0. The molecule has 0 saturated heterocycles. The Morgan fingerprint density at radius 3 is 2.39 bits per heavy atom. The molecule has 0 aliphatic heterocycles. The number of rotatable bonds is 8. The lowest BCUT2D eigenvalue weighted by molar-refractivity contribution is -0.161. The third-order valence-electron chi connectivity index (χ3n) is 3.91. The summed E-state index contributed by atoms with van der Waals surface area (Å²) in [5.41, 5.74) is 1.55. The fourth-order valence-electron chi connectivity index (χ4n) is 2.53. The summed E-state index contributed by atoms with van der Waals surface area (Å²) >= 11 is 0. The minimum absolute atomic E-state index is 0.326. The number of esters is 1. The first-order valence-corrected chi connectivity index (χ1v) is 8.85. The van der Waals surface area contributed by atoms with E-state index in [2.05, 4.69) is 0 Å². The summed E-state index contributed by atoms with van der Waals surface area (Å²) in [6.45, 7) is 1.58. The minimum atomic E-state index is -1.02. The van der Waals surface area contributed by atoms with E-state index in [9.17, 15) is 9.59 Å². The minimum Gasteiger partial charge on any atom is -0.493 e. The van der Waals surface area contributed by atoms with Crippen LogP contribution in [0.25, 0.3) is 6.08 Å². The SMILES string of the molecule is C/C=C/c1ccc(OCC(=O)O[C@@H](C(=O)N(C)C)c2ccccc2)c(OC)c1. The third kappa shape index (κ3) is 5.61. The van der Waals surface area contributed by atoms with Crippen LogP contribution in [-0.4, -0.2) is 44.6 Å². The molecule has 2 aromatic rings. The van der Waals surface area contributed by atoms with Gasteiger partial charge in [0.15, 0.2) is 18.1 Å². The first-order chi connectivity index (χ1) is 13.5. The summed E-state index contributed by atoms with van der Waals surface area (Å²) < 4.78 is 16.3. The van der Waals surface area contributed by atoms with E-state index in [1.165, 1.54) is 12.0 Å². The van der Waals surface area contributed by atoms with Gasteiger partial charge in [-0.15, -0.1) is 0 Å². The van der Waals surface area contributed by atoms with Crippen molar-refractivity contribution in [2.24, 2.45) is 0 Å². The van der Waals surface area contributed by atoms with Gasteiger partial charge in [-0.3, -0.25) is 4.79 Å². The Morgan fingerprint density at radius 1 is 1.07 bits per heavy atom. The maximum atomic E-state index is 12.4. The van der Waals surface area contributed by atoms with Crippen molar-refractivity contribution in [1.29, 1.82) is 0 Å². The number of benzene rings is 2. The first kappa shape index (κ1) is 21.0. The van der Waals surface area contributed by atoms with Gasteiger partial charge in [-0.05, 0) is 24.6 Å². The van der Waals surface area contributed by atoms with E-state index in [1.807, 2.05) is 37.3 Å². The van der Waals surface area contributed by atoms with Crippen LogP contribution in [-0.2, 0) is 14.3 Å². The van der Waals surface area contributed by atoms with E-state index in [4.69, 9.17) is 14.2 Å². The standard InChI is InChI=1S/C22H25NO5/c1-5-9-16-12-13-18(19(14-16)26-4)27-15-20(24)28-21(22(25)23(2)3)17-10-7-6-8-11-17/h5-14,21H,15H2,1-4H3/b9-5+/t21-/m1/s1. The first-order valence-electron chi connectivity index (χ1n) is 8.85. The fourth-order valence-corrected chi connectivity index (χ4v) is 2.53. The Hall–Kier alpha value is -3.28. The monoisotopic (exact) mass is 383 g/mol. The van der Waals surface area contributed by atoms with E-state index >= 15 is 0 Å². The van der Waals surface area contributed by atoms with Crippen LogP contribution in [0.15, 0.2) is 54.6 Å². The molecule has 28 heavy (non-hydrogen) atoms. The Kier molecular flexibility index (Phi) is 7.63. The molecule has 0 N–H and O–H groups in total. The Bertz CT molecular complexity index is 830. The van der Waals surface area contributed by atoms with Crippen LogP contribution in [0, 0.1) is 0 Å². The van der Waals surface area contributed by atoms with Crippen LogP contribution in [0.4, 0.5) is 0 Å². The number of allylic oxidation sites excluding steroid dienone is 1. The summed E-state index contributed by atoms with van der Waals surface area (Å²) in [6, 6.07) is 14.3. The molecule has 0 saturated carbocycles. The number of hydrogen-bond donors (Lipinski definition) is 0. The zero-order valence-corrected chi connectivity index (χ0v) is 16.5. The number of nitrogens with zero attached hydrogens (tertiary/aromatic N) is 1. The number of carbonyl (C=O) groups excluding carboxylic acids is 2. The van der Waals surface area contributed by atoms with Crippen molar-refractivity contribution in [3.8, 4) is 11.5 Å². The second-order valence-corrected chi connectivity index (χ2v) is 6.21. The van der Waals surface area contributed by atoms with Crippen molar-refractivity contribution in [3.05, 3.63) is 65.7 Å². The lowest BCUT2D eigenvalue weighted by atomic mass is 10.1. The van der Waals surface area contributed by atoms with Crippen molar-refractivity contribution in [1.82, 2.24) is 4.90 Å². The number of hydrogen-bond acceptors (Lipinski definition) is 5. The smallest absolute Gasteiger partial charge is 0.345 e. The summed E-state index contributed by atoms with van der Waals surface area (Å²) in [4.78, 5) is 26.1. The summed E-state index contributed by atoms with van der Waals surface area (Å²) in [5.74, 6) is -0.0493. The second kappa shape index (κ2) is 10.2. The lowest BCUT2D eigenvalue weighted by Gasteiger charge is -2.21. The molecule has 2 aromatic carbocycles. The van der Waals surface area contributed by atoms with Gasteiger partial charge in [0.25, 0.3) is 5.91 Å². The van der Waals surface area contributed by atoms with Crippen molar-refractivity contribution >= 4 is 18.0 Å². The van der Waals surface area contributed by atoms with Crippen molar-refractivity contribution in [2.75, 3.05) is 27.8 Å². The van der Waals surface area contributed by atoms with Gasteiger partial charge in [0, 0.05) is 19.7 Å². The molecule has 6 heteroatoms. The van der Waals surface area contributed by atoms with E-state index in [-0.39, 0.29) is 12.5 Å². The average molecular weight is 383 g/mol. The summed E-state index contributed by atoms with van der Waals surface area (Å²) in [7, 11) is 4.75. The molecule has 0 fully saturated rings. The predicted octanol–water partition coefficient (Wildman–Crippen LogP) is 3.48. The molecular weight excluding hydrogens is 358 g/mol. The highest BCUT2D eigenvalue weighted by Gasteiger charge is 2.26. The van der Waals surface area contributed by atoms with Crippen molar-refractivity contribution in [3.63, 3.8) is 0 Å². The molecule has 0 heterocycles. The van der Waals surface area contributed by atoms with Crippen LogP contribution in [0.5, 0.6) is 11.5 Å². The molecule has 0 bridgehead atoms. The molecule has 2 rings (SSSR count). The van der Waals surface area contributed by atoms with Crippen LogP contribution < -0.4 is 9.47 Å². The van der Waals surface area contributed by atoms with E-state index in [0.29, 0.717) is 17.1 Å². The van der Waals surface area contributed by atoms with Crippen molar-refractivity contribution < 1.29 is 23.8 Å². The number of ether oxygens (including phenoxy) is 3. The molecule has 0 unspecified atom stereocenters. The molecule has 0 aromatic heterocycles. The largest absolute Gasteiger partial charge is 0.493 e. The van der Waals surface area contributed by atoms with E-state index in [0.717, 1.165) is 5.56 Å². The Balaban J connectivity index is 2.08. The zero-order valence-electron chi connectivity index (χ0n) is 16.5. The van der Waals surface area contributed by atoms with Crippen LogP contribution in [0.1, 0.15) is 24.2 Å². The summed E-state index contributed by atoms with van der Waals surface area (Å²) in [6.07, 6.45) is 2.82. The molecule has 1 amide bonds. The lowest BCUT2D eigenvalue weighted by Crippen LogP contribution is -2.32. The normalized spacial score (nSPS) is 11.7. The Morgan fingerprint density at radius 2 is 1.79 bits per heavy atom. The second-order valence-electron chi connectivity index (χ2n) is 6.21. The third-order valence-corrected chi connectivity index (χ3v) is 3.91. The molecule has 6 nitrogen and oxygen atoms in total. The van der Waals surface area contributed by atoms with Crippen molar-refractivity contribution in [2.45, 2.75) is 13.0 Å². The fraction of sp³-hybridized carbons (Fsp3) is 0.273. The van der Waals surface area contributed by atoms with Gasteiger partial charge in [-0.25, -0.2) is 4.79 Å². The van der Waals surface area contributed by atoms with Gasteiger partial charge < -0.3 is 19.1 Å². The zero-order chi connectivity index (χ0) is 20.5. The van der Waals surface area contributed by atoms with Crippen LogP contribution in [0.2, 0.25) is 0 Å². The molecular formula is C22H25NO5. The topological polar surface area (TPSA) is 65.1 Å². The van der Waals surface area contributed by atoms with Gasteiger partial charge in [0.1, 0.15) is 0 Å². The maximum Gasteiger partial charge on any atom is 0.345 e.